The molecule has 0 aromatic carbocycles. The van der Waals surface area contributed by atoms with Gasteiger partial charge in [-0.3, -0.25) is 0 Å². The molecule has 1 aromatic rings. The monoisotopic (exact) mass is 334 g/mol. The zero-order valence-corrected chi connectivity index (χ0v) is 13.3. The smallest absolute Gasteiger partial charge is 0.0397 e. The van der Waals surface area contributed by atoms with Crippen LogP contribution in [-0.4, -0.2) is 42.6 Å². The van der Waals surface area contributed by atoms with E-state index < -0.39 is 0 Å². The number of hydrogen-bond acceptors (Lipinski definition) is 4. The molecule has 0 spiro atoms. The van der Waals surface area contributed by atoms with Gasteiger partial charge in [0.05, 0.1) is 0 Å². The summed E-state index contributed by atoms with van der Waals surface area (Å²) in [6.07, 6.45) is 0. The highest BCUT2D eigenvalue weighted by molar-refractivity contribution is 9.10. The van der Waals surface area contributed by atoms with E-state index in [9.17, 15) is 0 Å². The molecule has 1 aliphatic heterocycles. The fourth-order valence-corrected chi connectivity index (χ4v) is 4.70. The molecule has 0 aliphatic carbocycles. The highest BCUT2D eigenvalue weighted by Gasteiger charge is 2.12. The van der Waals surface area contributed by atoms with Crippen LogP contribution < -0.4 is 5.32 Å². The van der Waals surface area contributed by atoms with Gasteiger partial charge in [0.15, 0.2) is 0 Å². The van der Waals surface area contributed by atoms with Crippen LogP contribution in [0.25, 0.3) is 0 Å². The Labute approximate surface area is 120 Å². The van der Waals surface area contributed by atoms with Crippen LogP contribution in [0.5, 0.6) is 0 Å². The van der Waals surface area contributed by atoms with Gasteiger partial charge < -0.3 is 10.2 Å². The molecule has 1 fully saturated rings. The first-order valence-electron chi connectivity index (χ1n) is 6.04. The standard InChI is InChI=1S/C12H19BrN2S2/c1-10(12-11(13)2-7-17-12)14-3-4-15-5-8-16-9-6-15/h2,7,10,14H,3-6,8-9H2,1H3. The van der Waals surface area contributed by atoms with E-state index in [4.69, 9.17) is 0 Å². The van der Waals surface area contributed by atoms with Crippen LogP contribution in [0.2, 0.25) is 0 Å². The maximum absolute atomic E-state index is 3.61. The zero-order valence-electron chi connectivity index (χ0n) is 10.1. The van der Waals surface area contributed by atoms with E-state index in [0.717, 1.165) is 6.54 Å². The lowest BCUT2D eigenvalue weighted by atomic mass is 10.3. The topological polar surface area (TPSA) is 15.3 Å². The third-order valence-corrected chi connectivity index (χ3v) is 6.02. The summed E-state index contributed by atoms with van der Waals surface area (Å²) in [5.74, 6) is 2.60. The molecule has 1 aliphatic rings. The Morgan fingerprint density at radius 2 is 2.24 bits per heavy atom. The van der Waals surface area contributed by atoms with E-state index in [1.54, 1.807) is 0 Å². The minimum absolute atomic E-state index is 0.448. The van der Waals surface area contributed by atoms with Crippen LogP contribution in [0.3, 0.4) is 0 Å². The second-order valence-corrected chi connectivity index (χ2v) is 7.29. The number of halogens is 1. The minimum Gasteiger partial charge on any atom is -0.308 e. The Hall–Kier alpha value is 0.450. The van der Waals surface area contributed by atoms with E-state index in [2.05, 4.69) is 56.3 Å². The maximum atomic E-state index is 3.61. The van der Waals surface area contributed by atoms with Crippen molar-refractivity contribution in [3.8, 4) is 0 Å². The fraction of sp³-hybridized carbons (Fsp3) is 0.667. The van der Waals surface area contributed by atoms with Gasteiger partial charge in [0, 0.05) is 53.1 Å². The predicted octanol–water partition coefficient (Wildman–Crippen LogP) is 3.21. The van der Waals surface area contributed by atoms with Gasteiger partial charge >= 0.3 is 0 Å². The number of rotatable bonds is 5. The van der Waals surface area contributed by atoms with Gasteiger partial charge in [-0.1, -0.05) is 0 Å². The first-order valence-corrected chi connectivity index (χ1v) is 8.86. The Balaban J connectivity index is 1.69. The molecule has 17 heavy (non-hydrogen) atoms. The summed E-state index contributed by atoms with van der Waals surface area (Å²) in [7, 11) is 0. The molecule has 1 N–H and O–H groups in total. The summed E-state index contributed by atoms with van der Waals surface area (Å²) < 4.78 is 1.23. The lowest BCUT2D eigenvalue weighted by molar-refractivity contribution is 0.297. The van der Waals surface area contributed by atoms with Crippen molar-refractivity contribution < 1.29 is 0 Å². The number of nitrogens with one attached hydrogen (secondary N) is 1. The Kier molecular flexibility index (Phi) is 5.83. The average Bonchev–Trinajstić information content (AvgIpc) is 2.77. The molecule has 0 amide bonds. The van der Waals surface area contributed by atoms with Gasteiger partial charge in [-0.15, -0.1) is 11.3 Å². The summed E-state index contributed by atoms with van der Waals surface area (Å²) >= 11 is 7.48. The van der Waals surface area contributed by atoms with Crippen molar-refractivity contribution in [1.82, 2.24) is 10.2 Å². The molecule has 1 atom stereocenters. The molecule has 0 bridgehead atoms. The summed E-state index contributed by atoms with van der Waals surface area (Å²) in [6.45, 7) is 7.00. The molecule has 2 heterocycles. The molecule has 0 saturated carbocycles. The van der Waals surface area contributed by atoms with Gasteiger partial charge in [0.2, 0.25) is 0 Å². The fourth-order valence-electron chi connectivity index (χ4n) is 1.97. The molecular formula is C12H19BrN2S2. The van der Waals surface area contributed by atoms with Crippen LogP contribution in [0.4, 0.5) is 0 Å². The summed E-state index contributed by atoms with van der Waals surface area (Å²) in [5, 5.41) is 5.74. The predicted molar refractivity (Wildman–Crippen MR) is 82.2 cm³/mol. The molecule has 1 aromatic heterocycles. The van der Waals surface area contributed by atoms with Gasteiger partial charge in [-0.2, -0.15) is 11.8 Å². The SMILES string of the molecule is CC(NCCN1CCSCC1)c1sccc1Br. The Morgan fingerprint density at radius 1 is 1.47 bits per heavy atom. The quantitative estimate of drug-likeness (QED) is 0.890. The molecule has 1 saturated heterocycles. The van der Waals surface area contributed by atoms with Crippen LogP contribution in [0, 0.1) is 0 Å². The van der Waals surface area contributed by atoms with E-state index >= 15 is 0 Å². The van der Waals surface area contributed by atoms with Crippen LogP contribution >= 0.6 is 39.0 Å². The van der Waals surface area contributed by atoms with Gasteiger partial charge in [0.1, 0.15) is 0 Å². The van der Waals surface area contributed by atoms with Crippen LogP contribution in [0.15, 0.2) is 15.9 Å². The first-order chi connectivity index (χ1) is 8.27. The van der Waals surface area contributed by atoms with Crippen molar-refractivity contribution in [3.63, 3.8) is 0 Å². The molecule has 1 unspecified atom stereocenters. The van der Waals surface area contributed by atoms with Crippen molar-refractivity contribution in [2.45, 2.75) is 13.0 Å². The maximum Gasteiger partial charge on any atom is 0.0397 e. The number of thioether (sulfide) groups is 1. The number of nitrogens with zero attached hydrogens (tertiary/aromatic N) is 1. The zero-order chi connectivity index (χ0) is 12.1. The van der Waals surface area contributed by atoms with E-state index in [0.29, 0.717) is 6.04 Å². The van der Waals surface area contributed by atoms with Gasteiger partial charge in [-0.05, 0) is 34.3 Å². The minimum atomic E-state index is 0.448. The lowest BCUT2D eigenvalue weighted by Crippen LogP contribution is -2.38. The normalized spacial score (nSPS) is 19.4. The van der Waals surface area contributed by atoms with Gasteiger partial charge in [-0.25, -0.2) is 0 Å². The highest BCUT2D eigenvalue weighted by Crippen LogP contribution is 2.28. The average molecular weight is 335 g/mol. The third-order valence-electron chi connectivity index (χ3n) is 3.02. The van der Waals surface area contributed by atoms with E-state index in [1.807, 2.05) is 11.3 Å². The molecule has 2 nitrogen and oxygen atoms in total. The lowest BCUT2D eigenvalue weighted by Gasteiger charge is -2.26. The largest absolute Gasteiger partial charge is 0.308 e. The summed E-state index contributed by atoms with van der Waals surface area (Å²) in [5.41, 5.74) is 0. The van der Waals surface area contributed by atoms with Crippen molar-refractivity contribution in [3.05, 3.63) is 20.8 Å². The Morgan fingerprint density at radius 3 is 2.88 bits per heavy atom. The molecular weight excluding hydrogens is 316 g/mol. The molecule has 0 radical (unpaired) electrons. The molecule has 96 valence electrons. The van der Waals surface area contributed by atoms with Crippen molar-refractivity contribution in [2.24, 2.45) is 0 Å². The summed E-state index contributed by atoms with van der Waals surface area (Å²) in [6, 6.07) is 2.57. The van der Waals surface area contributed by atoms with E-state index in [-0.39, 0.29) is 0 Å². The van der Waals surface area contributed by atoms with Crippen molar-refractivity contribution >= 4 is 39.0 Å². The molecule has 5 heteroatoms. The van der Waals surface area contributed by atoms with E-state index in [1.165, 1.54) is 40.5 Å². The second kappa shape index (κ2) is 7.14. The number of thiophene rings is 1. The Bertz CT molecular complexity index is 337. The summed E-state index contributed by atoms with van der Waals surface area (Å²) in [4.78, 5) is 3.96. The molecule has 2 rings (SSSR count). The van der Waals surface area contributed by atoms with Crippen molar-refractivity contribution in [1.29, 1.82) is 0 Å². The second-order valence-electron chi connectivity index (χ2n) is 4.26. The first kappa shape index (κ1) is 13.9. The van der Waals surface area contributed by atoms with Crippen LogP contribution in [0.1, 0.15) is 17.8 Å². The van der Waals surface area contributed by atoms with Crippen LogP contribution in [-0.2, 0) is 0 Å². The number of hydrogen-bond donors (Lipinski definition) is 1. The van der Waals surface area contributed by atoms with Crippen molar-refractivity contribution in [2.75, 3.05) is 37.7 Å². The highest BCUT2D eigenvalue weighted by atomic mass is 79.9. The van der Waals surface area contributed by atoms with Gasteiger partial charge in [0.25, 0.3) is 0 Å². The third kappa shape index (κ3) is 4.24.